The van der Waals surface area contributed by atoms with Crippen LogP contribution in [0, 0.1) is 0 Å². The Morgan fingerprint density at radius 3 is 2.54 bits per heavy atom. The van der Waals surface area contributed by atoms with Gasteiger partial charge in [0.1, 0.15) is 0 Å². The van der Waals surface area contributed by atoms with Crippen LogP contribution < -0.4 is 0 Å². The standard InChI is InChI=1S/C18H17O.FHO3S/c1-19-17-11-13-6-4-8-14(13)16-10-9-12-5-2-3-7-15(12)18(16)17;1-5(2,3)4/h2-3,5,7,9-10H,4,6,8,11H2,1H3;(H,2,3,4)/q+1;/p-1. The van der Waals surface area contributed by atoms with Gasteiger partial charge in [0.15, 0.2) is 0 Å². The SMILES string of the molecule is C[O+]=C1CC2=C(CCC2)c2ccc3ccccc3c21.O=S(=O)([O-])F. The number of carbonyl (C=O) groups excluding carboxylic acids is 1. The number of rotatable bonds is 0. The smallest absolute Gasteiger partial charge is 0.331 e. The maximum Gasteiger partial charge on any atom is 0.331 e. The number of halogens is 1. The Bertz CT molecular complexity index is 950. The normalized spacial score (nSPS) is 18.2. The molecule has 2 aliphatic rings. The van der Waals surface area contributed by atoms with Crippen molar-refractivity contribution in [3.63, 3.8) is 0 Å². The molecular weight excluding hydrogens is 331 g/mol. The van der Waals surface area contributed by atoms with Crippen molar-refractivity contribution in [2.75, 3.05) is 7.11 Å². The van der Waals surface area contributed by atoms with Gasteiger partial charge in [0.05, 0.1) is 12.0 Å². The van der Waals surface area contributed by atoms with E-state index in [0.29, 0.717) is 0 Å². The maximum atomic E-state index is 10.1. The van der Waals surface area contributed by atoms with Crippen LogP contribution in [0.2, 0.25) is 0 Å². The van der Waals surface area contributed by atoms with Crippen molar-refractivity contribution in [3.05, 3.63) is 53.1 Å². The van der Waals surface area contributed by atoms with Crippen molar-refractivity contribution in [2.45, 2.75) is 25.7 Å². The molecule has 2 aliphatic carbocycles. The molecule has 2 aromatic carbocycles. The number of fused-ring (bicyclic) bond motifs is 4. The highest BCUT2D eigenvalue weighted by Crippen LogP contribution is 2.43. The molecule has 6 heteroatoms. The first-order chi connectivity index (χ1) is 11.4. The van der Waals surface area contributed by atoms with Crippen molar-refractivity contribution in [1.29, 1.82) is 0 Å². The van der Waals surface area contributed by atoms with Gasteiger partial charge in [-0.25, -0.2) is 8.42 Å². The van der Waals surface area contributed by atoms with Crippen molar-refractivity contribution >= 4 is 32.6 Å². The Morgan fingerprint density at radius 2 is 1.83 bits per heavy atom. The number of hydrogen-bond acceptors (Lipinski definition) is 3. The lowest BCUT2D eigenvalue weighted by Gasteiger charge is -2.17. The van der Waals surface area contributed by atoms with E-state index in [1.165, 1.54) is 41.2 Å². The molecule has 0 fully saturated rings. The summed E-state index contributed by atoms with van der Waals surface area (Å²) in [6, 6.07) is 13.2. The third kappa shape index (κ3) is 3.39. The lowest BCUT2D eigenvalue weighted by Crippen LogP contribution is -2.12. The fourth-order valence-electron chi connectivity index (χ4n) is 3.61. The van der Waals surface area contributed by atoms with Crippen molar-refractivity contribution < 1.29 is 21.3 Å². The largest absolute Gasteiger partial charge is 0.722 e. The number of benzene rings is 2. The molecule has 4 nitrogen and oxygen atoms in total. The van der Waals surface area contributed by atoms with Crippen LogP contribution in [0.4, 0.5) is 3.89 Å². The van der Waals surface area contributed by atoms with Gasteiger partial charge in [0.25, 0.3) is 17.6 Å². The molecule has 0 saturated carbocycles. The minimum absolute atomic E-state index is 1.01. The average molecular weight is 348 g/mol. The fraction of sp³-hybridized carbons (Fsp3) is 0.278. The van der Waals surface area contributed by atoms with Gasteiger partial charge in [-0.2, -0.15) is 0 Å². The number of allylic oxidation sites excluding steroid dienone is 2. The highest BCUT2D eigenvalue weighted by molar-refractivity contribution is 7.80. The molecule has 0 aromatic heterocycles. The van der Waals surface area contributed by atoms with Gasteiger partial charge in [0, 0.05) is 0 Å². The topological polar surface area (TPSA) is 68.5 Å². The van der Waals surface area contributed by atoms with Crippen molar-refractivity contribution in [1.82, 2.24) is 0 Å². The monoisotopic (exact) mass is 348 g/mol. The Balaban J connectivity index is 0.000000300. The predicted molar refractivity (Wildman–Crippen MR) is 90.4 cm³/mol. The molecule has 4 rings (SSSR count). The summed E-state index contributed by atoms with van der Waals surface area (Å²) in [7, 11) is -3.61. The molecule has 0 unspecified atom stereocenters. The summed E-state index contributed by atoms with van der Waals surface area (Å²) >= 11 is 0. The van der Waals surface area contributed by atoms with Gasteiger partial charge in [-0.1, -0.05) is 42.0 Å². The second kappa shape index (κ2) is 6.45. The Kier molecular flexibility index (Phi) is 4.51. The molecule has 0 amide bonds. The van der Waals surface area contributed by atoms with Crippen LogP contribution in [0.3, 0.4) is 0 Å². The van der Waals surface area contributed by atoms with Gasteiger partial charge in [-0.05, 0) is 41.2 Å². The minimum atomic E-state index is -5.42. The third-order valence-electron chi connectivity index (χ3n) is 4.49. The van der Waals surface area contributed by atoms with Crippen LogP contribution in [0.5, 0.6) is 0 Å². The molecule has 24 heavy (non-hydrogen) atoms. The van der Waals surface area contributed by atoms with E-state index in [1.807, 2.05) is 0 Å². The van der Waals surface area contributed by atoms with E-state index in [4.69, 9.17) is 17.4 Å². The summed E-state index contributed by atoms with van der Waals surface area (Å²) in [6.07, 6.45) is 4.78. The van der Waals surface area contributed by atoms with Crippen LogP contribution in [-0.2, 0) is 10.5 Å². The van der Waals surface area contributed by atoms with Crippen molar-refractivity contribution in [2.24, 2.45) is 0 Å². The number of hydrogen-bond donors (Lipinski definition) is 0. The summed E-state index contributed by atoms with van der Waals surface area (Å²) in [4.78, 5) is 0. The van der Waals surface area contributed by atoms with Crippen LogP contribution in [-0.4, -0.2) is 25.9 Å². The predicted octanol–water partition coefficient (Wildman–Crippen LogP) is 3.95. The summed E-state index contributed by atoms with van der Waals surface area (Å²) in [5.41, 5.74) is 5.93. The summed E-state index contributed by atoms with van der Waals surface area (Å²) in [5, 5.41) is 2.63. The zero-order valence-corrected chi connectivity index (χ0v) is 14.0. The van der Waals surface area contributed by atoms with Gasteiger partial charge < -0.3 is 4.55 Å². The van der Waals surface area contributed by atoms with Gasteiger partial charge >= 0.3 is 5.78 Å². The first kappa shape index (κ1) is 16.8. The second-order valence-electron chi connectivity index (χ2n) is 5.84. The molecular formula is C18H17FO4S. The van der Waals surface area contributed by atoms with Crippen LogP contribution in [0.25, 0.3) is 16.3 Å². The molecule has 0 spiro atoms. The third-order valence-corrected chi connectivity index (χ3v) is 4.49. The van der Waals surface area contributed by atoms with Crippen molar-refractivity contribution in [3.8, 4) is 0 Å². The summed E-state index contributed by atoms with van der Waals surface area (Å²) in [5.74, 6) is 1.15. The van der Waals surface area contributed by atoms with E-state index in [1.54, 1.807) is 18.3 Å². The number of ketones is 1. The molecule has 0 bridgehead atoms. The van der Waals surface area contributed by atoms with E-state index < -0.39 is 10.5 Å². The van der Waals surface area contributed by atoms with E-state index in [2.05, 4.69) is 36.4 Å². The molecule has 0 N–H and O–H groups in total. The van der Waals surface area contributed by atoms with Gasteiger partial charge in [-0.15, -0.1) is 3.89 Å². The van der Waals surface area contributed by atoms with E-state index in [9.17, 15) is 3.89 Å². The van der Waals surface area contributed by atoms with Crippen LogP contribution >= 0.6 is 0 Å². The Morgan fingerprint density at radius 1 is 1.12 bits per heavy atom. The lowest BCUT2D eigenvalue weighted by atomic mass is 9.83. The highest BCUT2D eigenvalue weighted by atomic mass is 32.3. The fourth-order valence-corrected chi connectivity index (χ4v) is 3.61. The summed E-state index contributed by atoms with van der Waals surface area (Å²) in [6.45, 7) is 0. The molecule has 2 aromatic rings. The van der Waals surface area contributed by atoms with Crippen LogP contribution in [0.15, 0.2) is 42.0 Å². The molecule has 0 atom stereocenters. The van der Waals surface area contributed by atoms with E-state index in [-0.39, 0.29) is 0 Å². The zero-order chi connectivity index (χ0) is 17.3. The maximum absolute atomic E-state index is 10.1. The molecule has 0 saturated heterocycles. The Labute approximate surface area is 140 Å². The Hall–Kier alpha value is -2.05. The molecule has 0 aliphatic heterocycles. The zero-order valence-electron chi connectivity index (χ0n) is 13.2. The van der Waals surface area contributed by atoms with E-state index in [0.717, 1.165) is 12.2 Å². The van der Waals surface area contributed by atoms with Gasteiger partial charge in [0.2, 0.25) is 0 Å². The van der Waals surface area contributed by atoms with Gasteiger partial charge in [-0.3, -0.25) is 4.42 Å². The van der Waals surface area contributed by atoms with E-state index >= 15 is 0 Å². The van der Waals surface area contributed by atoms with Crippen LogP contribution in [0.1, 0.15) is 41.2 Å². The first-order valence-electron chi connectivity index (χ1n) is 7.67. The molecule has 0 heterocycles. The second-order valence-corrected chi connectivity index (χ2v) is 6.63. The minimum Gasteiger partial charge on any atom is -0.722 e. The first-order valence-corrected chi connectivity index (χ1v) is 8.98. The molecule has 126 valence electrons. The molecule has 0 radical (unpaired) electrons. The average Bonchev–Trinajstić information content (AvgIpc) is 3.00. The quantitative estimate of drug-likeness (QED) is 0.411. The highest BCUT2D eigenvalue weighted by Gasteiger charge is 2.33. The summed E-state index contributed by atoms with van der Waals surface area (Å²) < 4.78 is 41.0. The lowest BCUT2D eigenvalue weighted by molar-refractivity contribution is -0.225.